The first-order valence-corrected chi connectivity index (χ1v) is 5.22. The summed E-state index contributed by atoms with van der Waals surface area (Å²) in [6.07, 6.45) is 1.92. The Hall–Kier alpha value is -1.47. The summed E-state index contributed by atoms with van der Waals surface area (Å²) in [7, 11) is 0. The van der Waals surface area contributed by atoms with E-state index < -0.39 is 0 Å². The summed E-state index contributed by atoms with van der Waals surface area (Å²) >= 11 is 0. The fourth-order valence-electron chi connectivity index (χ4n) is 1.98. The Morgan fingerprint density at radius 1 is 1.20 bits per heavy atom. The number of hydrogen-bond acceptors (Lipinski definition) is 1. The van der Waals surface area contributed by atoms with E-state index in [4.69, 9.17) is 5.53 Å². The summed E-state index contributed by atoms with van der Waals surface area (Å²) in [6.45, 7) is 6.98. The Bertz CT molecular complexity index is 367. The summed E-state index contributed by atoms with van der Waals surface area (Å²) in [5, 5.41) is 3.54. The van der Waals surface area contributed by atoms with Crippen LogP contribution in [0.15, 0.2) is 17.2 Å². The van der Waals surface area contributed by atoms with Gasteiger partial charge in [0.05, 0.1) is 0 Å². The smallest absolute Gasteiger partial charge is 0.0261 e. The Kier molecular flexibility index (Phi) is 4.19. The summed E-state index contributed by atoms with van der Waals surface area (Å²) < 4.78 is 0. The van der Waals surface area contributed by atoms with Gasteiger partial charge in [0.15, 0.2) is 0 Å². The average Bonchev–Trinajstić information content (AvgIpc) is 2.15. The lowest BCUT2D eigenvalue weighted by atomic mass is 9.96. The van der Waals surface area contributed by atoms with Gasteiger partial charge in [0.25, 0.3) is 0 Å². The van der Waals surface area contributed by atoms with Crippen LogP contribution in [0.3, 0.4) is 0 Å². The fourth-order valence-corrected chi connectivity index (χ4v) is 1.98. The molecule has 3 nitrogen and oxygen atoms in total. The van der Waals surface area contributed by atoms with Gasteiger partial charge in [0.1, 0.15) is 0 Å². The van der Waals surface area contributed by atoms with Gasteiger partial charge in [-0.1, -0.05) is 22.8 Å². The fraction of sp³-hybridized carbons (Fsp3) is 0.500. The lowest BCUT2D eigenvalue weighted by molar-refractivity contribution is 0.817. The highest BCUT2D eigenvalue weighted by atomic mass is 15.1. The Labute approximate surface area is 90.8 Å². The molecule has 0 spiro atoms. The van der Waals surface area contributed by atoms with Gasteiger partial charge in [-0.15, -0.1) is 0 Å². The second-order valence-corrected chi connectivity index (χ2v) is 3.94. The van der Waals surface area contributed by atoms with Crippen LogP contribution in [0.2, 0.25) is 0 Å². The molecule has 0 N–H and O–H groups in total. The lowest BCUT2D eigenvalue weighted by Crippen LogP contribution is -1.96. The monoisotopic (exact) mass is 203 g/mol. The molecule has 15 heavy (non-hydrogen) atoms. The first kappa shape index (κ1) is 11.6. The van der Waals surface area contributed by atoms with Gasteiger partial charge in [-0.2, -0.15) is 0 Å². The van der Waals surface area contributed by atoms with E-state index in [1.807, 2.05) is 0 Å². The molecule has 0 fully saturated rings. The minimum Gasteiger partial charge on any atom is -0.0940 e. The third kappa shape index (κ3) is 3.30. The zero-order valence-electron chi connectivity index (χ0n) is 9.62. The highest BCUT2D eigenvalue weighted by Gasteiger charge is 2.02. The van der Waals surface area contributed by atoms with Crippen LogP contribution in [-0.4, -0.2) is 6.54 Å². The predicted molar refractivity (Wildman–Crippen MR) is 63.0 cm³/mol. The number of hydrogen-bond donors (Lipinski definition) is 0. The van der Waals surface area contributed by atoms with Crippen LogP contribution in [0.25, 0.3) is 10.4 Å². The van der Waals surface area contributed by atoms with Gasteiger partial charge in [0.2, 0.25) is 0 Å². The molecule has 0 aliphatic rings. The molecule has 0 unspecified atom stereocenters. The molecular weight excluding hydrogens is 186 g/mol. The van der Waals surface area contributed by atoms with Crippen LogP contribution in [0.1, 0.15) is 28.7 Å². The molecule has 1 aromatic carbocycles. The molecule has 0 bridgehead atoms. The number of aryl methyl sites for hydroxylation is 3. The molecule has 0 aliphatic heterocycles. The van der Waals surface area contributed by atoms with E-state index in [1.54, 1.807) is 0 Å². The Morgan fingerprint density at radius 2 is 1.80 bits per heavy atom. The molecule has 0 heterocycles. The molecule has 0 aliphatic carbocycles. The van der Waals surface area contributed by atoms with Crippen LogP contribution < -0.4 is 0 Å². The van der Waals surface area contributed by atoms with Crippen molar-refractivity contribution in [1.82, 2.24) is 0 Å². The third-order valence-electron chi connectivity index (χ3n) is 2.59. The zero-order valence-corrected chi connectivity index (χ0v) is 9.62. The highest BCUT2D eigenvalue weighted by Crippen LogP contribution is 2.17. The van der Waals surface area contributed by atoms with Crippen molar-refractivity contribution in [3.63, 3.8) is 0 Å². The van der Waals surface area contributed by atoms with Gasteiger partial charge < -0.3 is 0 Å². The predicted octanol–water partition coefficient (Wildman–Crippen LogP) is 3.85. The number of rotatable bonds is 4. The molecule has 1 rings (SSSR count). The molecule has 0 saturated carbocycles. The van der Waals surface area contributed by atoms with Crippen LogP contribution in [-0.2, 0) is 6.42 Å². The first-order chi connectivity index (χ1) is 7.15. The molecule has 3 heteroatoms. The van der Waals surface area contributed by atoms with Crippen LogP contribution in [0.5, 0.6) is 0 Å². The third-order valence-corrected chi connectivity index (χ3v) is 2.59. The largest absolute Gasteiger partial charge is 0.0940 e. The van der Waals surface area contributed by atoms with E-state index in [0.29, 0.717) is 6.54 Å². The number of nitrogens with zero attached hydrogens (tertiary/aromatic N) is 3. The lowest BCUT2D eigenvalue weighted by Gasteiger charge is -2.10. The maximum absolute atomic E-state index is 8.17. The quantitative estimate of drug-likeness (QED) is 0.309. The van der Waals surface area contributed by atoms with Crippen LogP contribution >= 0.6 is 0 Å². The topological polar surface area (TPSA) is 48.8 Å². The van der Waals surface area contributed by atoms with Crippen molar-refractivity contribution in [2.24, 2.45) is 5.11 Å². The van der Waals surface area contributed by atoms with Crippen molar-refractivity contribution in [3.05, 3.63) is 44.8 Å². The summed E-state index contributed by atoms with van der Waals surface area (Å²) in [5.41, 5.74) is 13.6. The van der Waals surface area contributed by atoms with Crippen molar-refractivity contribution in [3.8, 4) is 0 Å². The minimum absolute atomic E-state index is 0.587. The first-order valence-electron chi connectivity index (χ1n) is 5.22. The molecule has 0 aromatic heterocycles. The maximum Gasteiger partial charge on any atom is 0.0261 e. The molecule has 1 aromatic rings. The highest BCUT2D eigenvalue weighted by molar-refractivity contribution is 5.37. The van der Waals surface area contributed by atoms with Crippen LogP contribution in [0.4, 0.5) is 0 Å². The summed E-state index contributed by atoms with van der Waals surface area (Å²) in [5.74, 6) is 0. The van der Waals surface area contributed by atoms with E-state index in [0.717, 1.165) is 12.8 Å². The number of benzene rings is 1. The summed E-state index contributed by atoms with van der Waals surface area (Å²) in [4.78, 5) is 2.75. The van der Waals surface area contributed by atoms with Gasteiger partial charge in [-0.3, -0.25) is 0 Å². The molecule has 0 saturated heterocycles. The average molecular weight is 203 g/mol. The van der Waals surface area contributed by atoms with Crippen molar-refractivity contribution in [2.75, 3.05) is 6.54 Å². The SMILES string of the molecule is Cc1cc(C)c(CCCN=[N+]=[N-])c(C)c1. The van der Waals surface area contributed by atoms with E-state index >= 15 is 0 Å². The van der Waals surface area contributed by atoms with Crippen molar-refractivity contribution < 1.29 is 0 Å². The Balaban J connectivity index is 2.72. The standard InChI is InChI=1S/C12H17N3/c1-9-7-10(2)12(11(3)8-9)5-4-6-14-15-13/h7-8H,4-6H2,1-3H3. The maximum atomic E-state index is 8.17. The molecule has 0 atom stereocenters. The summed E-state index contributed by atoms with van der Waals surface area (Å²) in [6, 6.07) is 4.41. The zero-order chi connectivity index (χ0) is 11.3. The van der Waals surface area contributed by atoms with Gasteiger partial charge in [0, 0.05) is 11.5 Å². The van der Waals surface area contributed by atoms with Gasteiger partial charge >= 0.3 is 0 Å². The van der Waals surface area contributed by atoms with Crippen LogP contribution in [0, 0.1) is 20.8 Å². The second kappa shape index (κ2) is 5.42. The number of azide groups is 1. The van der Waals surface area contributed by atoms with E-state index in [2.05, 4.69) is 42.9 Å². The minimum atomic E-state index is 0.587. The Morgan fingerprint density at radius 3 is 2.33 bits per heavy atom. The molecule has 0 amide bonds. The van der Waals surface area contributed by atoms with Crippen molar-refractivity contribution in [1.29, 1.82) is 0 Å². The second-order valence-electron chi connectivity index (χ2n) is 3.94. The normalized spacial score (nSPS) is 9.80. The van der Waals surface area contributed by atoms with Gasteiger partial charge in [-0.05, 0) is 55.8 Å². The van der Waals surface area contributed by atoms with E-state index in [1.165, 1.54) is 22.3 Å². The molecular formula is C12H17N3. The molecule has 0 radical (unpaired) electrons. The van der Waals surface area contributed by atoms with E-state index in [9.17, 15) is 0 Å². The van der Waals surface area contributed by atoms with E-state index in [-0.39, 0.29) is 0 Å². The molecule has 80 valence electrons. The van der Waals surface area contributed by atoms with Crippen molar-refractivity contribution in [2.45, 2.75) is 33.6 Å². The van der Waals surface area contributed by atoms with Crippen molar-refractivity contribution >= 4 is 0 Å². The van der Waals surface area contributed by atoms with Gasteiger partial charge in [-0.25, -0.2) is 0 Å².